The van der Waals surface area contributed by atoms with E-state index < -0.39 is 0 Å². The van der Waals surface area contributed by atoms with Crippen LogP contribution in [0.15, 0.2) is 35.3 Å². The fourth-order valence-electron chi connectivity index (χ4n) is 1.34. The Morgan fingerprint density at radius 1 is 1.38 bits per heavy atom. The molecule has 2 aromatic rings. The summed E-state index contributed by atoms with van der Waals surface area (Å²) >= 11 is 3.28. The first kappa shape index (κ1) is 11.1. The van der Waals surface area contributed by atoms with E-state index in [1.54, 1.807) is 10.9 Å². The highest BCUT2D eigenvalue weighted by molar-refractivity contribution is 9.10. The van der Waals surface area contributed by atoms with Gasteiger partial charge in [0.1, 0.15) is 10.4 Å². The van der Waals surface area contributed by atoms with Crippen molar-refractivity contribution in [3.8, 4) is 5.75 Å². The van der Waals surface area contributed by atoms with Crippen LogP contribution in [0.2, 0.25) is 0 Å². The first-order valence-electron chi connectivity index (χ1n) is 4.96. The van der Waals surface area contributed by atoms with Crippen molar-refractivity contribution in [2.45, 2.75) is 6.42 Å². The molecule has 84 valence electrons. The number of rotatable bonds is 4. The summed E-state index contributed by atoms with van der Waals surface area (Å²) in [4.78, 5) is 4.08. The number of aryl methyl sites for hydroxylation is 1. The van der Waals surface area contributed by atoms with E-state index in [0.29, 0.717) is 6.61 Å². The molecule has 0 amide bonds. The zero-order valence-corrected chi connectivity index (χ0v) is 10.5. The predicted octanol–water partition coefficient (Wildman–Crippen LogP) is 2.20. The van der Waals surface area contributed by atoms with Crippen molar-refractivity contribution in [3.63, 3.8) is 0 Å². The number of ether oxygens (including phenoxy) is 1. The molecule has 2 aromatic heterocycles. The summed E-state index contributed by atoms with van der Waals surface area (Å²) in [5.74, 6) is 0.784. The molecule has 0 bridgehead atoms. The van der Waals surface area contributed by atoms with Gasteiger partial charge in [0.25, 0.3) is 0 Å². The normalized spacial score (nSPS) is 10.4. The summed E-state index contributed by atoms with van der Waals surface area (Å²) in [6, 6.07) is 3.75. The lowest BCUT2D eigenvalue weighted by Gasteiger charge is -2.04. The Morgan fingerprint density at radius 2 is 2.25 bits per heavy atom. The van der Waals surface area contributed by atoms with Crippen LogP contribution in [0, 0.1) is 0 Å². The van der Waals surface area contributed by atoms with E-state index in [0.717, 1.165) is 16.8 Å². The molecule has 4 nitrogen and oxygen atoms in total. The molecule has 16 heavy (non-hydrogen) atoms. The molecule has 0 N–H and O–H groups in total. The van der Waals surface area contributed by atoms with Gasteiger partial charge < -0.3 is 4.74 Å². The smallest absolute Gasteiger partial charge is 0.137 e. The Kier molecular flexibility index (Phi) is 3.56. The van der Waals surface area contributed by atoms with E-state index in [2.05, 4.69) is 26.0 Å². The monoisotopic (exact) mass is 281 g/mol. The van der Waals surface area contributed by atoms with Gasteiger partial charge in [-0.15, -0.1) is 0 Å². The van der Waals surface area contributed by atoms with Crippen LogP contribution in [0.4, 0.5) is 0 Å². The Bertz CT molecular complexity index is 453. The molecule has 2 heterocycles. The number of hydrogen-bond acceptors (Lipinski definition) is 3. The molecule has 0 aliphatic rings. The molecule has 2 rings (SSSR count). The molecule has 0 radical (unpaired) electrons. The van der Waals surface area contributed by atoms with Crippen LogP contribution in [0.1, 0.15) is 5.56 Å². The van der Waals surface area contributed by atoms with Gasteiger partial charge in [-0.1, -0.05) is 0 Å². The Hall–Kier alpha value is -1.36. The Balaban J connectivity index is 1.82. The Labute approximate surface area is 102 Å². The van der Waals surface area contributed by atoms with Crippen molar-refractivity contribution < 1.29 is 4.74 Å². The third kappa shape index (κ3) is 3.06. The average molecular weight is 282 g/mol. The molecule has 0 unspecified atom stereocenters. The molecule has 0 fully saturated rings. The van der Waals surface area contributed by atoms with E-state index in [-0.39, 0.29) is 0 Å². The Morgan fingerprint density at radius 3 is 2.88 bits per heavy atom. The van der Waals surface area contributed by atoms with Gasteiger partial charge in [0, 0.05) is 19.7 Å². The SMILES string of the molecule is Cn1cc(CCOc2ccc(Br)nc2)cn1. The van der Waals surface area contributed by atoms with Crippen LogP contribution in [0.5, 0.6) is 5.75 Å². The van der Waals surface area contributed by atoms with Crippen molar-refractivity contribution in [1.29, 1.82) is 0 Å². The van der Waals surface area contributed by atoms with Gasteiger partial charge in [0.15, 0.2) is 0 Å². The summed E-state index contributed by atoms with van der Waals surface area (Å²) < 4.78 is 8.15. The van der Waals surface area contributed by atoms with Gasteiger partial charge in [0.2, 0.25) is 0 Å². The molecule has 0 atom stereocenters. The third-order valence-corrected chi connectivity index (χ3v) is 2.59. The molecule has 0 saturated carbocycles. The molecule has 0 saturated heterocycles. The van der Waals surface area contributed by atoms with Crippen LogP contribution in [0.3, 0.4) is 0 Å². The lowest BCUT2D eigenvalue weighted by atomic mass is 10.3. The molecule has 0 spiro atoms. The summed E-state index contributed by atoms with van der Waals surface area (Å²) in [6.45, 7) is 0.634. The van der Waals surface area contributed by atoms with E-state index in [9.17, 15) is 0 Å². The van der Waals surface area contributed by atoms with Crippen molar-refractivity contribution in [3.05, 3.63) is 40.9 Å². The first-order chi connectivity index (χ1) is 7.74. The number of hydrogen-bond donors (Lipinski definition) is 0. The van der Waals surface area contributed by atoms with E-state index in [1.807, 2.05) is 31.6 Å². The van der Waals surface area contributed by atoms with Gasteiger partial charge >= 0.3 is 0 Å². The molecular formula is C11H12BrN3O. The van der Waals surface area contributed by atoms with E-state index in [4.69, 9.17) is 4.74 Å². The van der Waals surface area contributed by atoms with Crippen molar-refractivity contribution >= 4 is 15.9 Å². The minimum atomic E-state index is 0.634. The van der Waals surface area contributed by atoms with Crippen molar-refractivity contribution in [2.24, 2.45) is 7.05 Å². The van der Waals surface area contributed by atoms with Crippen LogP contribution >= 0.6 is 15.9 Å². The van der Waals surface area contributed by atoms with E-state index in [1.165, 1.54) is 5.56 Å². The van der Waals surface area contributed by atoms with Crippen molar-refractivity contribution in [1.82, 2.24) is 14.8 Å². The van der Waals surface area contributed by atoms with Crippen LogP contribution in [-0.2, 0) is 13.5 Å². The second-order valence-electron chi connectivity index (χ2n) is 3.44. The summed E-state index contributed by atoms with van der Waals surface area (Å²) in [7, 11) is 1.91. The molecule has 0 aliphatic heterocycles. The highest BCUT2D eigenvalue weighted by Gasteiger charge is 1.98. The number of aromatic nitrogens is 3. The number of nitrogens with zero attached hydrogens (tertiary/aromatic N) is 3. The minimum Gasteiger partial charge on any atom is -0.492 e. The quantitative estimate of drug-likeness (QED) is 0.807. The first-order valence-corrected chi connectivity index (χ1v) is 5.75. The largest absolute Gasteiger partial charge is 0.492 e. The topological polar surface area (TPSA) is 39.9 Å². The number of pyridine rings is 1. The van der Waals surface area contributed by atoms with Crippen molar-refractivity contribution in [2.75, 3.05) is 6.61 Å². The highest BCUT2D eigenvalue weighted by Crippen LogP contribution is 2.12. The summed E-state index contributed by atoms with van der Waals surface area (Å²) in [5, 5.41) is 4.10. The molecule has 0 aliphatic carbocycles. The van der Waals surface area contributed by atoms with E-state index >= 15 is 0 Å². The minimum absolute atomic E-state index is 0.634. The maximum Gasteiger partial charge on any atom is 0.137 e. The predicted molar refractivity (Wildman–Crippen MR) is 64.3 cm³/mol. The lowest BCUT2D eigenvalue weighted by molar-refractivity contribution is 0.320. The van der Waals surface area contributed by atoms with Gasteiger partial charge in [0.05, 0.1) is 19.0 Å². The standard InChI is InChI=1S/C11H12BrN3O/c1-15-8-9(6-14-15)4-5-16-10-2-3-11(12)13-7-10/h2-3,6-8H,4-5H2,1H3. The zero-order chi connectivity index (χ0) is 11.4. The highest BCUT2D eigenvalue weighted by atomic mass is 79.9. The third-order valence-electron chi connectivity index (χ3n) is 2.12. The molecule has 5 heteroatoms. The fraction of sp³-hybridized carbons (Fsp3) is 0.273. The second-order valence-corrected chi connectivity index (χ2v) is 4.25. The average Bonchev–Trinajstić information content (AvgIpc) is 2.67. The summed E-state index contributed by atoms with van der Waals surface area (Å²) in [6.07, 6.45) is 6.39. The van der Waals surface area contributed by atoms with Gasteiger partial charge in [-0.2, -0.15) is 5.10 Å². The van der Waals surface area contributed by atoms with Gasteiger partial charge in [-0.25, -0.2) is 4.98 Å². The summed E-state index contributed by atoms with van der Waals surface area (Å²) in [5.41, 5.74) is 1.17. The van der Waals surface area contributed by atoms with Crippen LogP contribution in [0.25, 0.3) is 0 Å². The van der Waals surface area contributed by atoms with Gasteiger partial charge in [-0.3, -0.25) is 4.68 Å². The number of halogens is 1. The van der Waals surface area contributed by atoms with Crippen LogP contribution < -0.4 is 4.74 Å². The zero-order valence-electron chi connectivity index (χ0n) is 8.93. The maximum atomic E-state index is 5.55. The van der Waals surface area contributed by atoms with Crippen LogP contribution in [-0.4, -0.2) is 21.4 Å². The second kappa shape index (κ2) is 5.12. The van der Waals surface area contributed by atoms with Gasteiger partial charge in [-0.05, 0) is 33.6 Å². The fourth-order valence-corrected chi connectivity index (χ4v) is 1.57. The lowest BCUT2D eigenvalue weighted by Crippen LogP contribution is -2.00. The maximum absolute atomic E-state index is 5.55. The molecular weight excluding hydrogens is 270 g/mol. The molecule has 0 aromatic carbocycles.